The summed E-state index contributed by atoms with van der Waals surface area (Å²) in [6.07, 6.45) is 2.27. The van der Waals surface area contributed by atoms with Crippen molar-refractivity contribution in [2.45, 2.75) is 53.0 Å². The number of aryl methyl sites for hydroxylation is 1. The predicted octanol–water partition coefficient (Wildman–Crippen LogP) is 4.23. The van der Waals surface area contributed by atoms with Crippen LogP contribution in [0.1, 0.15) is 44.7 Å². The zero-order chi connectivity index (χ0) is 14.4. The van der Waals surface area contributed by atoms with Crippen LogP contribution in [0.2, 0.25) is 0 Å². The third-order valence-electron chi connectivity index (χ3n) is 3.55. The molecule has 1 atom stereocenters. The van der Waals surface area contributed by atoms with E-state index in [0.717, 1.165) is 19.4 Å². The standard InChI is InChI=1S/C16H25F2N/c1-5-10-19-15(11(2)3)9-7-13-14(17)8-6-12(4)16(13)18/h6,8,11,15,19H,5,7,9-10H2,1-4H3. The molecule has 0 aromatic heterocycles. The molecule has 0 aliphatic carbocycles. The summed E-state index contributed by atoms with van der Waals surface area (Å²) in [4.78, 5) is 0. The lowest BCUT2D eigenvalue weighted by molar-refractivity contribution is 0.374. The number of benzene rings is 1. The van der Waals surface area contributed by atoms with Crippen molar-refractivity contribution in [3.05, 3.63) is 34.9 Å². The van der Waals surface area contributed by atoms with Crippen LogP contribution in [-0.4, -0.2) is 12.6 Å². The Labute approximate surface area is 115 Å². The van der Waals surface area contributed by atoms with Gasteiger partial charge in [-0.1, -0.05) is 26.8 Å². The molecule has 1 N–H and O–H groups in total. The lowest BCUT2D eigenvalue weighted by Crippen LogP contribution is -2.34. The largest absolute Gasteiger partial charge is 0.314 e. The van der Waals surface area contributed by atoms with E-state index in [0.29, 0.717) is 23.9 Å². The molecular formula is C16H25F2N. The molecule has 0 amide bonds. The summed E-state index contributed by atoms with van der Waals surface area (Å²) in [5, 5.41) is 3.45. The van der Waals surface area contributed by atoms with Gasteiger partial charge >= 0.3 is 0 Å². The van der Waals surface area contributed by atoms with Gasteiger partial charge < -0.3 is 5.32 Å². The van der Waals surface area contributed by atoms with Gasteiger partial charge in [-0.15, -0.1) is 0 Å². The van der Waals surface area contributed by atoms with Crippen LogP contribution in [-0.2, 0) is 6.42 Å². The van der Waals surface area contributed by atoms with Gasteiger partial charge in [-0.3, -0.25) is 0 Å². The second-order valence-corrected chi connectivity index (χ2v) is 5.50. The molecule has 0 radical (unpaired) electrons. The van der Waals surface area contributed by atoms with Crippen LogP contribution in [0.5, 0.6) is 0 Å². The second-order valence-electron chi connectivity index (χ2n) is 5.50. The summed E-state index contributed by atoms with van der Waals surface area (Å²) in [5.41, 5.74) is 0.739. The normalized spacial score (nSPS) is 13.0. The summed E-state index contributed by atoms with van der Waals surface area (Å²) in [6.45, 7) is 9.01. The zero-order valence-electron chi connectivity index (χ0n) is 12.4. The van der Waals surface area contributed by atoms with Crippen LogP contribution in [0.4, 0.5) is 8.78 Å². The molecule has 1 nitrogen and oxygen atoms in total. The summed E-state index contributed by atoms with van der Waals surface area (Å²) in [6, 6.07) is 3.15. The lowest BCUT2D eigenvalue weighted by atomic mass is 9.95. The second kappa shape index (κ2) is 7.59. The van der Waals surface area contributed by atoms with Crippen molar-refractivity contribution in [3.63, 3.8) is 0 Å². The summed E-state index contributed by atoms with van der Waals surface area (Å²) in [5.74, 6) is -0.360. The first-order valence-corrected chi connectivity index (χ1v) is 7.14. The van der Waals surface area contributed by atoms with E-state index >= 15 is 0 Å². The highest BCUT2D eigenvalue weighted by atomic mass is 19.1. The van der Waals surface area contributed by atoms with E-state index in [-0.39, 0.29) is 5.56 Å². The molecule has 1 unspecified atom stereocenters. The third-order valence-corrected chi connectivity index (χ3v) is 3.55. The minimum atomic E-state index is -0.430. The quantitative estimate of drug-likeness (QED) is 0.781. The molecule has 0 saturated carbocycles. The minimum Gasteiger partial charge on any atom is -0.314 e. The van der Waals surface area contributed by atoms with Crippen molar-refractivity contribution < 1.29 is 8.78 Å². The molecule has 0 heterocycles. The average molecular weight is 269 g/mol. The Kier molecular flexibility index (Phi) is 6.43. The van der Waals surface area contributed by atoms with Crippen LogP contribution in [0.15, 0.2) is 12.1 Å². The van der Waals surface area contributed by atoms with Crippen LogP contribution in [0.25, 0.3) is 0 Å². The molecule has 0 bridgehead atoms. The van der Waals surface area contributed by atoms with Crippen LogP contribution in [0.3, 0.4) is 0 Å². The fourth-order valence-corrected chi connectivity index (χ4v) is 2.24. The minimum absolute atomic E-state index is 0.226. The Balaban J connectivity index is 2.71. The predicted molar refractivity (Wildman–Crippen MR) is 76.3 cm³/mol. The van der Waals surface area contributed by atoms with Gasteiger partial charge in [0.1, 0.15) is 11.6 Å². The monoisotopic (exact) mass is 269 g/mol. The van der Waals surface area contributed by atoms with Gasteiger partial charge in [0, 0.05) is 11.6 Å². The number of rotatable bonds is 7. The first-order valence-electron chi connectivity index (χ1n) is 7.14. The van der Waals surface area contributed by atoms with Gasteiger partial charge in [-0.25, -0.2) is 8.78 Å². The van der Waals surface area contributed by atoms with E-state index in [9.17, 15) is 8.78 Å². The molecular weight excluding hydrogens is 244 g/mol. The average Bonchev–Trinajstić information content (AvgIpc) is 2.37. The Morgan fingerprint density at radius 3 is 2.47 bits per heavy atom. The number of halogens is 2. The molecule has 0 aliphatic heterocycles. The molecule has 19 heavy (non-hydrogen) atoms. The first-order chi connectivity index (χ1) is 8.97. The summed E-state index contributed by atoms with van der Waals surface area (Å²) in [7, 11) is 0. The van der Waals surface area contributed by atoms with Gasteiger partial charge in [0.2, 0.25) is 0 Å². The van der Waals surface area contributed by atoms with Crippen LogP contribution < -0.4 is 5.32 Å². The van der Waals surface area contributed by atoms with Gasteiger partial charge in [0.25, 0.3) is 0 Å². The Hall–Kier alpha value is -0.960. The maximum Gasteiger partial charge on any atom is 0.132 e. The molecule has 0 aliphatic rings. The maximum atomic E-state index is 13.9. The van der Waals surface area contributed by atoms with E-state index < -0.39 is 11.6 Å². The number of hydrogen-bond acceptors (Lipinski definition) is 1. The van der Waals surface area contributed by atoms with Crippen molar-refractivity contribution in [2.75, 3.05) is 6.54 Å². The molecule has 0 fully saturated rings. The Morgan fingerprint density at radius 1 is 1.21 bits per heavy atom. The maximum absolute atomic E-state index is 13.9. The smallest absolute Gasteiger partial charge is 0.132 e. The molecule has 1 aromatic carbocycles. The van der Waals surface area contributed by atoms with Crippen molar-refractivity contribution in [1.29, 1.82) is 0 Å². The molecule has 1 rings (SSSR count). The van der Waals surface area contributed by atoms with Crippen molar-refractivity contribution >= 4 is 0 Å². The topological polar surface area (TPSA) is 12.0 Å². The highest BCUT2D eigenvalue weighted by Crippen LogP contribution is 2.20. The Morgan fingerprint density at radius 2 is 1.89 bits per heavy atom. The van der Waals surface area contributed by atoms with Gasteiger partial charge in [-0.2, -0.15) is 0 Å². The lowest BCUT2D eigenvalue weighted by Gasteiger charge is -2.22. The van der Waals surface area contributed by atoms with E-state index in [2.05, 4.69) is 26.1 Å². The van der Waals surface area contributed by atoms with Crippen molar-refractivity contribution in [2.24, 2.45) is 5.92 Å². The Bertz CT molecular complexity index is 402. The van der Waals surface area contributed by atoms with Gasteiger partial charge in [0.05, 0.1) is 0 Å². The summed E-state index contributed by atoms with van der Waals surface area (Å²) >= 11 is 0. The van der Waals surface area contributed by atoms with Crippen molar-refractivity contribution in [1.82, 2.24) is 5.32 Å². The van der Waals surface area contributed by atoms with Gasteiger partial charge in [0.15, 0.2) is 0 Å². The molecule has 108 valence electrons. The highest BCUT2D eigenvalue weighted by Gasteiger charge is 2.16. The number of nitrogens with one attached hydrogen (secondary N) is 1. The van der Waals surface area contributed by atoms with Crippen molar-refractivity contribution in [3.8, 4) is 0 Å². The third kappa shape index (κ3) is 4.57. The SMILES string of the molecule is CCCNC(CCc1c(F)ccc(C)c1F)C(C)C. The van der Waals surface area contributed by atoms with Crippen LogP contribution >= 0.6 is 0 Å². The highest BCUT2D eigenvalue weighted by molar-refractivity contribution is 5.26. The van der Waals surface area contributed by atoms with E-state index in [1.54, 1.807) is 6.92 Å². The number of hydrogen-bond donors (Lipinski definition) is 1. The van der Waals surface area contributed by atoms with E-state index in [4.69, 9.17) is 0 Å². The molecule has 3 heteroatoms. The molecule has 0 spiro atoms. The van der Waals surface area contributed by atoms with E-state index in [1.165, 1.54) is 12.1 Å². The molecule has 0 saturated heterocycles. The first kappa shape index (κ1) is 16.1. The summed E-state index contributed by atoms with van der Waals surface area (Å²) < 4.78 is 27.6. The van der Waals surface area contributed by atoms with Crippen LogP contribution in [0, 0.1) is 24.5 Å². The zero-order valence-corrected chi connectivity index (χ0v) is 12.4. The van der Waals surface area contributed by atoms with E-state index in [1.807, 2.05) is 0 Å². The molecule has 1 aromatic rings. The fraction of sp³-hybridized carbons (Fsp3) is 0.625. The van der Waals surface area contributed by atoms with Gasteiger partial charge in [-0.05, 0) is 50.3 Å². The fourth-order valence-electron chi connectivity index (χ4n) is 2.24.